The molecule has 0 aliphatic heterocycles. The van der Waals surface area contributed by atoms with Crippen LogP contribution in [-0.4, -0.2) is 4.98 Å². The number of hydrogen-bond acceptors (Lipinski definition) is 0. The molecule has 1 heterocycles. The minimum atomic E-state index is 0.256. The Kier molecular flexibility index (Phi) is 3.36. The van der Waals surface area contributed by atoms with Crippen molar-refractivity contribution in [1.82, 2.24) is 4.98 Å². The van der Waals surface area contributed by atoms with Gasteiger partial charge in [-0.15, -0.1) is 0 Å². The third-order valence-electron chi connectivity index (χ3n) is 2.20. The van der Waals surface area contributed by atoms with E-state index in [1.165, 1.54) is 29.1 Å². The predicted octanol–water partition coefficient (Wildman–Crippen LogP) is 2.52. The molecule has 0 fully saturated rings. The van der Waals surface area contributed by atoms with E-state index < -0.39 is 0 Å². The fourth-order valence-electron chi connectivity index (χ4n) is 1.51. The molecule has 0 atom stereocenters. The van der Waals surface area contributed by atoms with E-state index >= 15 is 0 Å². The van der Waals surface area contributed by atoms with Crippen LogP contribution in [0.25, 0.3) is 0 Å². The Morgan fingerprint density at radius 2 is 2.43 bits per heavy atom. The molecule has 0 spiro atoms. The summed E-state index contributed by atoms with van der Waals surface area (Å²) in [6.45, 7) is 2.24. The molecule has 2 rings (SSSR count). The Bertz CT molecular complexity index is 360. The van der Waals surface area contributed by atoms with E-state index in [9.17, 15) is 0 Å². The number of aromatic nitrogens is 1. The third kappa shape index (κ3) is 2.24. The number of allylic oxidation sites excluding steroid dienone is 4. The van der Waals surface area contributed by atoms with Crippen molar-refractivity contribution < 1.29 is 17.1 Å². The van der Waals surface area contributed by atoms with Crippen LogP contribution in [0.4, 0.5) is 0 Å². The van der Waals surface area contributed by atoms with Crippen molar-refractivity contribution >= 4 is 4.29 Å². The zero-order valence-corrected chi connectivity index (χ0v) is 10.1. The van der Waals surface area contributed by atoms with Gasteiger partial charge in [-0.25, -0.2) is 0 Å². The normalized spacial score (nSPS) is 15.1. The topological polar surface area (TPSA) is 15.8 Å². The second-order valence-corrected chi connectivity index (χ2v) is 5.79. The number of rotatable bonds is 4. The average Bonchev–Trinajstić information content (AvgIpc) is 2.80. The first-order chi connectivity index (χ1) is 6.90. The molecule has 0 amide bonds. The molecular weight excluding hydrogens is 259 g/mol. The molecule has 0 unspecified atom stereocenters. The average molecular weight is 274 g/mol. The van der Waals surface area contributed by atoms with Gasteiger partial charge >= 0.3 is 92.8 Å². The van der Waals surface area contributed by atoms with E-state index in [1.54, 1.807) is 4.17 Å². The second kappa shape index (κ2) is 4.75. The summed E-state index contributed by atoms with van der Waals surface area (Å²) in [5.41, 5.74) is 1.53. The molecule has 0 aromatic carbocycles. The Balaban J connectivity index is 2.04. The Morgan fingerprint density at radius 3 is 3.14 bits per heavy atom. The van der Waals surface area contributed by atoms with Gasteiger partial charge in [0.25, 0.3) is 0 Å². The third-order valence-corrected chi connectivity index (χ3v) is 4.65. The van der Waals surface area contributed by atoms with Crippen molar-refractivity contribution in [2.24, 2.45) is 0 Å². The summed E-state index contributed by atoms with van der Waals surface area (Å²) < 4.78 is 3.10. The molecule has 14 heavy (non-hydrogen) atoms. The monoisotopic (exact) mass is 275 g/mol. The Hall–Kier alpha value is -0.617. The molecule has 1 aliphatic rings. The summed E-state index contributed by atoms with van der Waals surface area (Å²) in [6.07, 6.45) is 12.4. The van der Waals surface area contributed by atoms with E-state index in [4.69, 9.17) is 0 Å². The minimum absolute atomic E-state index is 0.256. The van der Waals surface area contributed by atoms with Crippen LogP contribution in [0.2, 0.25) is 0 Å². The maximum atomic E-state index is 3.39. The molecule has 0 radical (unpaired) electrons. The van der Waals surface area contributed by atoms with Gasteiger partial charge in [-0.05, 0) is 0 Å². The van der Waals surface area contributed by atoms with Gasteiger partial charge in [-0.1, -0.05) is 0 Å². The van der Waals surface area contributed by atoms with Crippen LogP contribution in [0, 0.1) is 0 Å². The van der Waals surface area contributed by atoms with Gasteiger partial charge in [0.05, 0.1) is 0 Å². The number of hydrogen-bond donors (Lipinski definition) is 1. The van der Waals surface area contributed by atoms with Crippen LogP contribution >= 0.6 is 0 Å². The SMILES string of the molecule is CCCc1cc[nH][c]1[Ru][C]1=CC=CC1. The zero-order chi connectivity index (χ0) is 9.80. The number of aromatic amines is 1. The van der Waals surface area contributed by atoms with Gasteiger partial charge in [0.15, 0.2) is 0 Å². The van der Waals surface area contributed by atoms with Crippen LogP contribution < -0.4 is 4.29 Å². The van der Waals surface area contributed by atoms with Crippen molar-refractivity contribution in [3.05, 3.63) is 40.2 Å². The van der Waals surface area contributed by atoms with E-state index in [0.717, 1.165) is 0 Å². The van der Waals surface area contributed by atoms with Crippen molar-refractivity contribution in [2.45, 2.75) is 26.2 Å². The summed E-state index contributed by atoms with van der Waals surface area (Å²) in [6, 6.07) is 2.23. The van der Waals surface area contributed by atoms with E-state index in [2.05, 4.69) is 42.4 Å². The van der Waals surface area contributed by atoms with Gasteiger partial charge in [0.1, 0.15) is 0 Å². The van der Waals surface area contributed by atoms with Crippen LogP contribution in [-0.2, 0) is 23.5 Å². The van der Waals surface area contributed by atoms with Gasteiger partial charge in [0, 0.05) is 0 Å². The first kappa shape index (κ1) is 9.92. The van der Waals surface area contributed by atoms with E-state index in [0.29, 0.717) is 0 Å². The standard InChI is InChI=1S/C7H10N.C5H5.Ru/c1-2-3-7-4-5-8-6-7;1-2-4-5-3-1;/h4-5,8H,2-3H2,1H3;1-3H,4H2;. The molecule has 1 aromatic rings. The molecule has 2 heteroatoms. The Labute approximate surface area is 92.9 Å². The fourth-order valence-corrected chi connectivity index (χ4v) is 3.68. The zero-order valence-electron chi connectivity index (χ0n) is 8.36. The molecule has 0 bridgehead atoms. The molecule has 0 saturated heterocycles. The molecule has 1 aliphatic carbocycles. The van der Waals surface area contributed by atoms with Gasteiger partial charge in [-0.2, -0.15) is 0 Å². The maximum absolute atomic E-state index is 3.39. The second-order valence-electron chi connectivity index (χ2n) is 3.37. The number of H-pyrrole nitrogens is 1. The van der Waals surface area contributed by atoms with Gasteiger partial charge < -0.3 is 0 Å². The van der Waals surface area contributed by atoms with Crippen molar-refractivity contribution in [2.75, 3.05) is 0 Å². The quantitative estimate of drug-likeness (QED) is 0.812. The van der Waals surface area contributed by atoms with Crippen molar-refractivity contribution in [3.8, 4) is 0 Å². The van der Waals surface area contributed by atoms with Crippen molar-refractivity contribution in [3.63, 3.8) is 0 Å². The summed E-state index contributed by atoms with van der Waals surface area (Å²) in [7, 11) is 0. The fraction of sp³-hybridized carbons (Fsp3) is 0.333. The Morgan fingerprint density at radius 1 is 1.50 bits per heavy atom. The van der Waals surface area contributed by atoms with Gasteiger partial charge in [0.2, 0.25) is 0 Å². The van der Waals surface area contributed by atoms with Gasteiger partial charge in [-0.3, -0.25) is 0 Å². The first-order valence-electron chi connectivity index (χ1n) is 5.04. The predicted molar refractivity (Wildman–Crippen MR) is 56.3 cm³/mol. The van der Waals surface area contributed by atoms with Crippen LogP contribution in [0.3, 0.4) is 0 Å². The molecule has 1 nitrogen and oxygen atoms in total. The van der Waals surface area contributed by atoms with Crippen LogP contribution in [0.5, 0.6) is 0 Å². The molecule has 1 aromatic heterocycles. The summed E-state index contributed by atoms with van der Waals surface area (Å²) in [5, 5.41) is 0. The molecular formula is C12H15NRu. The summed E-state index contributed by atoms with van der Waals surface area (Å²) in [5.74, 6) is 0. The molecule has 0 saturated carbocycles. The van der Waals surface area contributed by atoms with Crippen molar-refractivity contribution in [1.29, 1.82) is 0 Å². The van der Waals surface area contributed by atoms with E-state index in [1.807, 2.05) is 0 Å². The van der Waals surface area contributed by atoms with E-state index in [-0.39, 0.29) is 17.1 Å². The molecule has 76 valence electrons. The summed E-state index contributed by atoms with van der Waals surface area (Å²) in [4.78, 5) is 3.39. The van der Waals surface area contributed by atoms with Crippen LogP contribution in [0.15, 0.2) is 34.7 Å². The first-order valence-corrected chi connectivity index (χ1v) is 6.78. The number of nitrogens with one attached hydrogen (secondary N) is 1. The molecule has 1 N–H and O–H groups in total. The number of aryl methyl sites for hydroxylation is 1. The van der Waals surface area contributed by atoms with Crippen LogP contribution in [0.1, 0.15) is 25.3 Å². The summed E-state index contributed by atoms with van der Waals surface area (Å²) >= 11 is 0.256.